The van der Waals surface area contributed by atoms with E-state index in [0.717, 1.165) is 15.6 Å². The van der Waals surface area contributed by atoms with E-state index in [9.17, 15) is 9.59 Å². The standard InChI is InChI=1S/C15H15BrN2O2/c1-10-13(16)9-18(8-12-6-4-3-5-7-12)15(20)14(10)17-11(2)19/h3-7,9H,8H2,1-2H3,(H,17,19). The molecule has 0 aliphatic rings. The van der Waals surface area contributed by atoms with Gasteiger partial charge in [-0.1, -0.05) is 30.3 Å². The predicted molar refractivity (Wildman–Crippen MR) is 83.0 cm³/mol. The summed E-state index contributed by atoms with van der Waals surface area (Å²) in [5, 5.41) is 2.61. The lowest BCUT2D eigenvalue weighted by Crippen LogP contribution is -2.26. The fourth-order valence-corrected chi connectivity index (χ4v) is 2.38. The van der Waals surface area contributed by atoms with Crippen molar-refractivity contribution in [2.24, 2.45) is 0 Å². The van der Waals surface area contributed by atoms with Gasteiger partial charge in [0.1, 0.15) is 5.69 Å². The fourth-order valence-electron chi connectivity index (χ4n) is 1.94. The first-order chi connectivity index (χ1) is 9.49. The number of nitrogens with zero attached hydrogens (tertiary/aromatic N) is 1. The number of hydrogen-bond acceptors (Lipinski definition) is 2. The highest BCUT2D eigenvalue weighted by molar-refractivity contribution is 9.10. The number of pyridine rings is 1. The van der Waals surface area contributed by atoms with Crippen molar-refractivity contribution in [2.75, 3.05) is 5.32 Å². The zero-order valence-corrected chi connectivity index (χ0v) is 12.9. The number of benzene rings is 1. The van der Waals surface area contributed by atoms with Crippen LogP contribution in [0, 0.1) is 6.92 Å². The molecule has 1 N–H and O–H groups in total. The van der Waals surface area contributed by atoms with E-state index >= 15 is 0 Å². The van der Waals surface area contributed by atoms with Gasteiger partial charge in [-0.05, 0) is 34.0 Å². The average Bonchev–Trinajstić information content (AvgIpc) is 2.42. The molecule has 5 heteroatoms. The maximum absolute atomic E-state index is 12.4. The minimum absolute atomic E-state index is 0.204. The molecule has 20 heavy (non-hydrogen) atoms. The summed E-state index contributed by atoms with van der Waals surface area (Å²) >= 11 is 3.42. The molecule has 1 aromatic heterocycles. The molecule has 0 fully saturated rings. The summed E-state index contributed by atoms with van der Waals surface area (Å²) in [5.74, 6) is -0.255. The highest BCUT2D eigenvalue weighted by atomic mass is 79.9. The maximum Gasteiger partial charge on any atom is 0.274 e. The van der Waals surface area contributed by atoms with Crippen molar-refractivity contribution in [1.29, 1.82) is 0 Å². The third kappa shape index (κ3) is 3.17. The first kappa shape index (κ1) is 14.5. The Kier molecular flexibility index (Phi) is 4.39. The van der Waals surface area contributed by atoms with Gasteiger partial charge in [0, 0.05) is 17.6 Å². The normalized spacial score (nSPS) is 10.3. The summed E-state index contributed by atoms with van der Waals surface area (Å²) in [6.07, 6.45) is 1.75. The second-order valence-electron chi connectivity index (χ2n) is 4.58. The molecule has 0 saturated heterocycles. The van der Waals surface area contributed by atoms with Crippen molar-refractivity contribution in [3.8, 4) is 0 Å². The number of nitrogens with one attached hydrogen (secondary N) is 1. The molecule has 2 rings (SSSR count). The minimum Gasteiger partial charge on any atom is -0.321 e. The molecule has 0 atom stereocenters. The Labute approximate surface area is 125 Å². The molecule has 1 heterocycles. The van der Waals surface area contributed by atoms with Gasteiger partial charge < -0.3 is 9.88 Å². The van der Waals surface area contributed by atoms with Crippen LogP contribution in [-0.2, 0) is 11.3 Å². The van der Waals surface area contributed by atoms with Crippen LogP contribution >= 0.6 is 15.9 Å². The molecule has 0 unspecified atom stereocenters. The number of rotatable bonds is 3. The van der Waals surface area contributed by atoms with Gasteiger partial charge in [-0.25, -0.2) is 0 Å². The number of anilines is 1. The Hall–Kier alpha value is -1.88. The van der Waals surface area contributed by atoms with E-state index in [1.54, 1.807) is 17.7 Å². The van der Waals surface area contributed by atoms with Gasteiger partial charge in [0.2, 0.25) is 5.91 Å². The Morgan fingerprint density at radius 3 is 2.55 bits per heavy atom. The van der Waals surface area contributed by atoms with E-state index in [1.165, 1.54) is 6.92 Å². The van der Waals surface area contributed by atoms with Gasteiger partial charge in [0.05, 0.1) is 6.54 Å². The predicted octanol–water partition coefficient (Wildman–Crippen LogP) is 2.93. The smallest absolute Gasteiger partial charge is 0.274 e. The van der Waals surface area contributed by atoms with Crippen LogP contribution in [0.4, 0.5) is 5.69 Å². The molecule has 1 aromatic carbocycles. The van der Waals surface area contributed by atoms with E-state index in [2.05, 4.69) is 21.2 Å². The van der Waals surface area contributed by atoms with E-state index in [1.807, 2.05) is 30.3 Å². The number of carbonyl (C=O) groups is 1. The van der Waals surface area contributed by atoms with Crippen molar-refractivity contribution in [3.05, 3.63) is 62.5 Å². The van der Waals surface area contributed by atoms with Gasteiger partial charge in [0.15, 0.2) is 0 Å². The first-order valence-electron chi connectivity index (χ1n) is 6.20. The van der Waals surface area contributed by atoms with Gasteiger partial charge >= 0.3 is 0 Å². The third-order valence-electron chi connectivity index (χ3n) is 2.97. The largest absolute Gasteiger partial charge is 0.321 e. The number of hydrogen-bond donors (Lipinski definition) is 1. The van der Waals surface area contributed by atoms with Crippen molar-refractivity contribution in [3.63, 3.8) is 0 Å². The molecule has 0 radical (unpaired) electrons. The SMILES string of the molecule is CC(=O)Nc1c(C)c(Br)cn(Cc2ccccc2)c1=O. The van der Waals surface area contributed by atoms with E-state index in [0.29, 0.717) is 12.2 Å². The number of halogens is 1. The van der Waals surface area contributed by atoms with Gasteiger partial charge in [-0.3, -0.25) is 9.59 Å². The zero-order chi connectivity index (χ0) is 14.7. The number of carbonyl (C=O) groups excluding carboxylic acids is 1. The Morgan fingerprint density at radius 2 is 1.95 bits per heavy atom. The van der Waals surface area contributed by atoms with Crippen LogP contribution in [0.15, 0.2) is 45.8 Å². The highest BCUT2D eigenvalue weighted by Crippen LogP contribution is 2.20. The molecule has 1 amide bonds. The maximum atomic E-state index is 12.4. The molecular formula is C15H15BrN2O2. The van der Waals surface area contributed by atoms with Crippen LogP contribution in [0.2, 0.25) is 0 Å². The van der Waals surface area contributed by atoms with Crippen LogP contribution in [-0.4, -0.2) is 10.5 Å². The molecule has 4 nitrogen and oxygen atoms in total. The number of aromatic nitrogens is 1. The molecule has 0 aliphatic heterocycles. The van der Waals surface area contributed by atoms with Gasteiger partial charge in [-0.15, -0.1) is 0 Å². The van der Waals surface area contributed by atoms with Gasteiger partial charge in [-0.2, -0.15) is 0 Å². The van der Waals surface area contributed by atoms with E-state index in [-0.39, 0.29) is 11.5 Å². The summed E-state index contributed by atoms with van der Waals surface area (Å²) in [7, 11) is 0. The van der Waals surface area contributed by atoms with Crippen LogP contribution in [0.1, 0.15) is 18.1 Å². The molecule has 0 bridgehead atoms. The van der Waals surface area contributed by atoms with Crippen LogP contribution in [0.25, 0.3) is 0 Å². The fraction of sp³-hybridized carbons (Fsp3) is 0.200. The topological polar surface area (TPSA) is 51.1 Å². The summed E-state index contributed by atoms with van der Waals surface area (Å²) < 4.78 is 2.37. The third-order valence-corrected chi connectivity index (χ3v) is 3.77. The van der Waals surface area contributed by atoms with Crippen LogP contribution in [0.5, 0.6) is 0 Å². The summed E-state index contributed by atoms with van der Waals surface area (Å²) in [4.78, 5) is 23.6. The average molecular weight is 335 g/mol. The second kappa shape index (κ2) is 6.05. The zero-order valence-electron chi connectivity index (χ0n) is 11.3. The van der Waals surface area contributed by atoms with Crippen molar-refractivity contribution >= 4 is 27.5 Å². The molecule has 104 valence electrons. The molecule has 0 spiro atoms. The quantitative estimate of drug-likeness (QED) is 0.938. The molecule has 2 aromatic rings. The van der Waals surface area contributed by atoms with Crippen LogP contribution in [0.3, 0.4) is 0 Å². The van der Waals surface area contributed by atoms with Crippen molar-refractivity contribution < 1.29 is 4.79 Å². The Morgan fingerprint density at radius 1 is 1.30 bits per heavy atom. The summed E-state index contributed by atoms with van der Waals surface area (Å²) in [6, 6.07) is 9.70. The molecule has 0 aliphatic carbocycles. The van der Waals surface area contributed by atoms with Crippen LogP contribution < -0.4 is 10.9 Å². The lowest BCUT2D eigenvalue weighted by molar-refractivity contribution is -0.114. The summed E-state index contributed by atoms with van der Waals surface area (Å²) in [6.45, 7) is 3.65. The van der Waals surface area contributed by atoms with Gasteiger partial charge in [0.25, 0.3) is 5.56 Å². The molecular weight excluding hydrogens is 320 g/mol. The second-order valence-corrected chi connectivity index (χ2v) is 5.43. The van der Waals surface area contributed by atoms with E-state index < -0.39 is 0 Å². The first-order valence-corrected chi connectivity index (χ1v) is 6.99. The molecule has 0 saturated carbocycles. The van der Waals surface area contributed by atoms with Crippen molar-refractivity contribution in [2.45, 2.75) is 20.4 Å². The minimum atomic E-state index is -0.255. The van der Waals surface area contributed by atoms with E-state index in [4.69, 9.17) is 0 Å². The lowest BCUT2D eigenvalue weighted by Gasteiger charge is -2.13. The highest BCUT2D eigenvalue weighted by Gasteiger charge is 2.12. The lowest BCUT2D eigenvalue weighted by atomic mass is 10.2. The summed E-state index contributed by atoms with van der Waals surface area (Å²) in [5.41, 5.74) is 1.88. The Bertz CT molecular complexity index is 693. The Balaban J connectivity index is 2.47. The number of amides is 1. The van der Waals surface area contributed by atoms with Crippen molar-refractivity contribution in [1.82, 2.24) is 4.57 Å². The monoisotopic (exact) mass is 334 g/mol.